The van der Waals surface area contributed by atoms with Gasteiger partial charge in [0.05, 0.1) is 10.6 Å². The van der Waals surface area contributed by atoms with Crippen LogP contribution in [-0.2, 0) is 11.3 Å². The Labute approximate surface area is 128 Å². The summed E-state index contributed by atoms with van der Waals surface area (Å²) in [6.07, 6.45) is 0. The van der Waals surface area contributed by atoms with Crippen LogP contribution in [-0.4, -0.2) is 5.97 Å². The molecule has 0 bridgehead atoms. The molecular weight excluding hydrogens is 382 g/mol. The molecule has 0 saturated carbocycles. The second kappa shape index (κ2) is 6.34. The van der Waals surface area contributed by atoms with Crippen molar-refractivity contribution in [1.82, 2.24) is 0 Å². The fourth-order valence-corrected chi connectivity index (χ4v) is 2.17. The lowest BCUT2D eigenvalue weighted by Gasteiger charge is -2.07. The van der Waals surface area contributed by atoms with Crippen molar-refractivity contribution in [2.24, 2.45) is 0 Å². The Hall–Kier alpha value is -1.14. The van der Waals surface area contributed by atoms with Crippen LogP contribution in [0.4, 0.5) is 4.39 Å². The second-order valence-electron chi connectivity index (χ2n) is 3.81. The Kier molecular flexibility index (Phi) is 4.76. The van der Waals surface area contributed by atoms with Crippen LogP contribution in [0.5, 0.6) is 0 Å². The van der Waals surface area contributed by atoms with Gasteiger partial charge in [0, 0.05) is 3.57 Å². The van der Waals surface area contributed by atoms with Gasteiger partial charge in [0.15, 0.2) is 0 Å². The van der Waals surface area contributed by atoms with E-state index in [1.54, 1.807) is 22.6 Å². The molecule has 0 saturated heterocycles. The quantitative estimate of drug-likeness (QED) is 0.440. The van der Waals surface area contributed by atoms with Gasteiger partial charge in [0.1, 0.15) is 12.4 Å². The first kappa shape index (κ1) is 14.3. The minimum atomic E-state index is -0.563. The standard InChI is InChI=1S/C14H9ClFIO2/c15-11-7-12(16)13(17)6-10(11)14(18)19-8-9-4-2-1-3-5-9/h1-7H,8H2. The second-order valence-corrected chi connectivity index (χ2v) is 5.38. The molecule has 0 N–H and O–H groups in total. The van der Waals surface area contributed by atoms with Crippen molar-refractivity contribution in [1.29, 1.82) is 0 Å². The van der Waals surface area contributed by atoms with Crippen LogP contribution >= 0.6 is 34.2 Å². The fourth-order valence-electron chi connectivity index (χ4n) is 1.48. The zero-order valence-corrected chi connectivity index (χ0v) is 12.6. The number of carbonyl (C=O) groups excluding carboxylic acids is 1. The predicted octanol–water partition coefficient (Wildman–Crippen LogP) is 4.44. The maximum absolute atomic E-state index is 13.2. The summed E-state index contributed by atoms with van der Waals surface area (Å²) in [6, 6.07) is 11.8. The van der Waals surface area contributed by atoms with Gasteiger partial charge in [-0.3, -0.25) is 0 Å². The molecule has 98 valence electrons. The molecule has 2 aromatic rings. The lowest BCUT2D eigenvalue weighted by atomic mass is 10.2. The highest BCUT2D eigenvalue weighted by Crippen LogP contribution is 2.23. The molecule has 0 atom stereocenters. The molecule has 0 fully saturated rings. The summed E-state index contributed by atoms with van der Waals surface area (Å²) in [7, 11) is 0. The van der Waals surface area contributed by atoms with Gasteiger partial charge in [0.25, 0.3) is 0 Å². The number of rotatable bonds is 3. The van der Waals surface area contributed by atoms with Gasteiger partial charge in [-0.25, -0.2) is 9.18 Å². The fraction of sp³-hybridized carbons (Fsp3) is 0.0714. The minimum absolute atomic E-state index is 0.0518. The number of carbonyl (C=O) groups is 1. The maximum Gasteiger partial charge on any atom is 0.340 e. The van der Waals surface area contributed by atoms with Crippen molar-refractivity contribution >= 4 is 40.2 Å². The Morgan fingerprint density at radius 3 is 2.63 bits per heavy atom. The smallest absolute Gasteiger partial charge is 0.340 e. The van der Waals surface area contributed by atoms with Gasteiger partial charge in [-0.1, -0.05) is 41.9 Å². The first-order valence-electron chi connectivity index (χ1n) is 5.43. The molecule has 0 aliphatic carbocycles. The molecule has 0 radical (unpaired) electrons. The van der Waals surface area contributed by atoms with Crippen molar-refractivity contribution in [3.05, 3.63) is 68.0 Å². The van der Waals surface area contributed by atoms with Crippen LogP contribution in [0.1, 0.15) is 15.9 Å². The van der Waals surface area contributed by atoms with Crippen LogP contribution in [0, 0.1) is 9.39 Å². The van der Waals surface area contributed by atoms with Gasteiger partial charge >= 0.3 is 5.97 Å². The van der Waals surface area contributed by atoms with Crippen LogP contribution in [0.15, 0.2) is 42.5 Å². The Morgan fingerprint density at radius 1 is 1.26 bits per heavy atom. The van der Waals surface area contributed by atoms with Gasteiger partial charge in [-0.15, -0.1) is 0 Å². The van der Waals surface area contributed by atoms with Crippen LogP contribution in [0.3, 0.4) is 0 Å². The molecule has 0 amide bonds. The SMILES string of the molecule is O=C(OCc1ccccc1)c1cc(I)c(F)cc1Cl. The number of hydrogen-bond acceptors (Lipinski definition) is 2. The van der Waals surface area contributed by atoms with E-state index in [9.17, 15) is 9.18 Å². The third-order valence-electron chi connectivity index (χ3n) is 2.44. The number of hydrogen-bond donors (Lipinski definition) is 0. The Balaban J connectivity index is 2.10. The summed E-state index contributed by atoms with van der Waals surface area (Å²) in [6.45, 7) is 0.157. The highest BCUT2D eigenvalue weighted by Gasteiger charge is 2.15. The Bertz CT molecular complexity index is 602. The molecule has 0 aliphatic rings. The molecule has 0 aliphatic heterocycles. The lowest BCUT2D eigenvalue weighted by molar-refractivity contribution is 0.0473. The molecule has 0 heterocycles. The molecule has 19 heavy (non-hydrogen) atoms. The molecule has 2 aromatic carbocycles. The van der Waals surface area contributed by atoms with E-state index in [0.717, 1.165) is 11.6 Å². The van der Waals surface area contributed by atoms with Gasteiger partial charge in [0.2, 0.25) is 0 Å². The molecule has 2 rings (SSSR count). The van der Waals surface area contributed by atoms with E-state index in [-0.39, 0.29) is 17.2 Å². The highest BCUT2D eigenvalue weighted by atomic mass is 127. The zero-order chi connectivity index (χ0) is 13.8. The van der Waals surface area contributed by atoms with Crippen LogP contribution in [0.2, 0.25) is 5.02 Å². The van der Waals surface area contributed by atoms with E-state index in [4.69, 9.17) is 16.3 Å². The minimum Gasteiger partial charge on any atom is -0.457 e. The van der Waals surface area contributed by atoms with Crippen molar-refractivity contribution in [3.8, 4) is 0 Å². The number of esters is 1. The third-order valence-corrected chi connectivity index (χ3v) is 3.58. The van der Waals surface area contributed by atoms with Crippen molar-refractivity contribution in [2.45, 2.75) is 6.61 Å². The van der Waals surface area contributed by atoms with E-state index < -0.39 is 11.8 Å². The first-order chi connectivity index (χ1) is 9.08. The summed E-state index contributed by atoms with van der Waals surface area (Å²) in [5.41, 5.74) is 1.05. The van der Waals surface area contributed by atoms with E-state index in [1.807, 2.05) is 30.3 Å². The molecular formula is C14H9ClFIO2. The number of benzene rings is 2. The lowest BCUT2D eigenvalue weighted by Crippen LogP contribution is -2.07. The van der Waals surface area contributed by atoms with Crippen LogP contribution < -0.4 is 0 Å². The third kappa shape index (κ3) is 3.67. The van der Waals surface area contributed by atoms with Crippen molar-refractivity contribution in [3.63, 3.8) is 0 Å². The summed E-state index contributed by atoms with van der Waals surface area (Å²) >= 11 is 7.63. The summed E-state index contributed by atoms with van der Waals surface area (Å²) in [5, 5.41) is 0.0518. The molecule has 5 heteroatoms. The Morgan fingerprint density at radius 2 is 1.95 bits per heavy atom. The largest absolute Gasteiger partial charge is 0.457 e. The molecule has 0 aromatic heterocycles. The highest BCUT2D eigenvalue weighted by molar-refractivity contribution is 14.1. The molecule has 0 unspecified atom stereocenters. The van der Waals surface area contributed by atoms with Crippen molar-refractivity contribution in [2.75, 3.05) is 0 Å². The van der Waals surface area contributed by atoms with E-state index in [2.05, 4.69) is 0 Å². The van der Waals surface area contributed by atoms with Gasteiger partial charge < -0.3 is 4.74 Å². The normalized spacial score (nSPS) is 10.3. The molecule has 2 nitrogen and oxygen atoms in total. The van der Waals surface area contributed by atoms with E-state index in [1.165, 1.54) is 6.07 Å². The average molecular weight is 391 g/mol. The van der Waals surface area contributed by atoms with E-state index >= 15 is 0 Å². The molecule has 0 spiro atoms. The predicted molar refractivity (Wildman–Crippen MR) is 79.7 cm³/mol. The average Bonchev–Trinajstić information content (AvgIpc) is 2.41. The topological polar surface area (TPSA) is 26.3 Å². The van der Waals surface area contributed by atoms with E-state index in [0.29, 0.717) is 3.57 Å². The van der Waals surface area contributed by atoms with Gasteiger partial charge in [-0.05, 0) is 40.3 Å². The summed E-state index contributed by atoms with van der Waals surface area (Å²) < 4.78 is 18.7. The first-order valence-corrected chi connectivity index (χ1v) is 6.89. The van der Waals surface area contributed by atoms with Gasteiger partial charge in [-0.2, -0.15) is 0 Å². The van der Waals surface area contributed by atoms with Crippen molar-refractivity contribution < 1.29 is 13.9 Å². The van der Waals surface area contributed by atoms with Crippen LogP contribution in [0.25, 0.3) is 0 Å². The maximum atomic E-state index is 13.2. The summed E-state index contributed by atoms with van der Waals surface area (Å²) in [4.78, 5) is 11.9. The monoisotopic (exact) mass is 390 g/mol. The zero-order valence-electron chi connectivity index (χ0n) is 9.70. The number of halogens is 3. The summed E-state index contributed by atoms with van der Waals surface area (Å²) in [5.74, 6) is -1.02. The number of ether oxygens (including phenoxy) is 1.